The van der Waals surface area contributed by atoms with Gasteiger partial charge in [0.05, 0.1) is 12.2 Å². The Labute approximate surface area is 116 Å². The van der Waals surface area contributed by atoms with Gasteiger partial charge in [0.2, 0.25) is 12.3 Å². The van der Waals surface area contributed by atoms with Gasteiger partial charge in [-0.3, -0.25) is 4.68 Å². The third-order valence-corrected chi connectivity index (χ3v) is 3.05. The Morgan fingerprint density at radius 3 is 3.05 bits per heavy atom. The first-order valence-corrected chi connectivity index (χ1v) is 6.48. The number of rotatable bonds is 5. The molecule has 2 heterocycles. The average Bonchev–Trinajstić information content (AvgIpc) is 3.16. The Morgan fingerprint density at radius 2 is 2.25 bits per heavy atom. The quantitative estimate of drug-likeness (QED) is 0.771. The molecular weight excluding hydrogens is 254 g/mol. The van der Waals surface area contributed by atoms with Crippen molar-refractivity contribution in [3.8, 4) is 11.5 Å². The van der Waals surface area contributed by atoms with Gasteiger partial charge in [-0.25, -0.2) is 0 Å². The molecular formula is C14H15N5O. The van der Waals surface area contributed by atoms with E-state index < -0.39 is 0 Å². The first-order valence-electron chi connectivity index (χ1n) is 6.48. The van der Waals surface area contributed by atoms with Gasteiger partial charge in [0.1, 0.15) is 0 Å². The number of aryl methyl sites for hydroxylation is 1. The molecule has 0 saturated carbocycles. The van der Waals surface area contributed by atoms with E-state index in [2.05, 4.69) is 27.5 Å². The largest absolute Gasteiger partial charge is 0.423 e. The third kappa shape index (κ3) is 2.54. The molecule has 0 aliphatic rings. The van der Waals surface area contributed by atoms with E-state index in [1.807, 2.05) is 41.2 Å². The normalized spacial score (nSPS) is 10.7. The summed E-state index contributed by atoms with van der Waals surface area (Å²) in [6, 6.07) is 9.90. The highest BCUT2D eigenvalue weighted by Crippen LogP contribution is 2.20. The molecule has 1 aromatic carbocycles. The Bertz CT molecular complexity index is 674. The maximum atomic E-state index is 5.20. The van der Waals surface area contributed by atoms with Crippen LogP contribution in [0.4, 0.5) is 5.69 Å². The van der Waals surface area contributed by atoms with Crippen LogP contribution >= 0.6 is 0 Å². The van der Waals surface area contributed by atoms with Gasteiger partial charge in [-0.15, -0.1) is 10.2 Å². The van der Waals surface area contributed by atoms with Gasteiger partial charge >= 0.3 is 0 Å². The van der Waals surface area contributed by atoms with E-state index in [0.717, 1.165) is 30.0 Å². The van der Waals surface area contributed by atoms with Crippen LogP contribution in [0.15, 0.2) is 47.3 Å². The summed E-state index contributed by atoms with van der Waals surface area (Å²) in [6.07, 6.45) is 3.14. The van der Waals surface area contributed by atoms with E-state index in [1.165, 1.54) is 6.39 Å². The predicted molar refractivity (Wildman–Crippen MR) is 75.0 cm³/mol. The van der Waals surface area contributed by atoms with Crippen molar-refractivity contribution in [2.45, 2.75) is 20.0 Å². The molecule has 0 radical (unpaired) electrons. The van der Waals surface area contributed by atoms with Crippen molar-refractivity contribution < 1.29 is 4.42 Å². The molecule has 0 saturated heterocycles. The zero-order chi connectivity index (χ0) is 13.8. The van der Waals surface area contributed by atoms with Crippen molar-refractivity contribution in [3.05, 3.63) is 48.6 Å². The summed E-state index contributed by atoms with van der Waals surface area (Å²) in [5.74, 6) is 0.521. The molecule has 0 atom stereocenters. The van der Waals surface area contributed by atoms with E-state index in [0.29, 0.717) is 5.89 Å². The molecule has 0 aliphatic carbocycles. The van der Waals surface area contributed by atoms with Crippen LogP contribution in [0.25, 0.3) is 11.5 Å². The van der Waals surface area contributed by atoms with Gasteiger partial charge in [-0.05, 0) is 31.2 Å². The van der Waals surface area contributed by atoms with Gasteiger partial charge in [-0.1, -0.05) is 6.07 Å². The van der Waals surface area contributed by atoms with Crippen molar-refractivity contribution in [1.82, 2.24) is 20.0 Å². The topological polar surface area (TPSA) is 68.8 Å². The number of aromatic nitrogens is 4. The highest BCUT2D eigenvalue weighted by atomic mass is 16.4. The lowest BCUT2D eigenvalue weighted by molar-refractivity contribution is 0.568. The molecule has 0 aliphatic heterocycles. The van der Waals surface area contributed by atoms with Gasteiger partial charge < -0.3 is 9.73 Å². The van der Waals surface area contributed by atoms with Crippen LogP contribution in [-0.2, 0) is 13.1 Å². The molecule has 0 amide bonds. The number of anilines is 1. The summed E-state index contributed by atoms with van der Waals surface area (Å²) in [5, 5.41) is 15.2. The van der Waals surface area contributed by atoms with Crippen LogP contribution in [0, 0.1) is 0 Å². The monoisotopic (exact) mass is 269 g/mol. The number of nitrogens with zero attached hydrogens (tertiary/aromatic N) is 4. The first-order chi connectivity index (χ1) is 9.86. The van der Waals surface area contributed by atoms with Crippen LogP contribution in [0.1, 0.15) is 12.6 Å². The maximum absolute atomic E-state index is 5.20. The van der Waals surface area contributed by atoms with Crippen LogP contribution in [0.3, 0.4) is 0 Å². The lowest BCUT2D eigenvalue weighted by Crippen LogP contribution is -2.07. The fourth-order valence-corrected chi connectivity index (χ4v) is 2.05. The molecule has 6 nitrogen and oxygen atoms in total. The van der Waals surface area contributed by atoms with E-state index in [1.54, 1.807) is 0 Å². The molecule has 2 aromatic heterocycles. The Balaban J connectivity index is 1.74. The standard InChI is InChI=1S/C14H15N5O/c1-2-19-13(6-7-17-19)9-15-12-5-3-4-11(8-12)14-18-16-10-20-14/h3-8,10,15H,2,9H2,1H3. The highest BCUT2D eigenvalue weighted by molar-refractivity contribution is 5.60. The van der Waals surface area contributed by atoms with Gasteiger partial charge in [0.25, 0.3) is 0 Å². The fourth-order valence-electron chi connectivity index (χ4n) is 2.05. The number of hydrogen-bond donors (Lipinski definition) is 1. The Hall–Kier alpha value is -2.63. The summed E-state index contributed by atoms with van der Waals surface area (Å²) < 4.78 is 7.16. The maximum Gasteiger partial charge on any atom is 0.247 e. The predicted octanol–water partition coefficient (Wildman–Crippen LogP) is 2.57. The molecule has 3 rings (SSSR count). The summed E-state index contributed by atoms with van der Waals surface area (Å²) >= 11 is 0. The van der Waals surface area contributed by atoms with Gasteiger partial charge in [0.15, 0.2) is 0 Å². The lowest BCUT2D eigenvalue weighted by Gasteiger charge is -2.08. The molecule has 102 valence electrons. The minimum absolute atomic E-state index is 0.521. The second-order valence-corrected chi connectivity index (χ2v) is 4.32. The van der Waals surface area contributed by atoms with Crippen LogP contribution in [-0.4, -0.2) is 20.0 Å². The first kappa shape index (κ1) is 12.4. The molecule has 1 N–H and O–H groups in total. The summed E-state index contributed by atoms with van der Waals surface area (Å²) in [5.41, 5.74) is 3.05. The molecule has 20 heavy (non-hydrogen) atoms. The lowest BCUT2D eigenvalue weighted by atomic mass is 10.2. The summed E-state index contributed by atoms with van der Waals surface area (Å²) in [6.45, 7) is 3.67. The van der Waals surface area contributed by atoms with E-state index in [9.17, 15) is 0 Å². The zero-order valence-corrected chi connectivity index (χ0v) is 11.2. The number of nitrogens with one attached hydrogen (secondary N) is 1. The molecule has 6 heteroatoms. The van der Waals surface area contributed by atoms with Crippen molar-refractivity contribution in [3.63, 3.8) is 0 Å². The van der Waals surface area contributed by atoms with Crippen LogP contribution < -0.4 is 5.32 Å². The van der Waals surface area contributed by atoms with E-state index in [-0.39, 0.29) is 0 Å². The van der Waals surface area contributed by atoms with Crippen LogP contribution in [0.2, 0.25) is 0 Å². The van der Waals surface area contributed by atoms with Crippen molar-refractivity contribution in [1.29, 1.82) is 0 Å². The van der Waals surface area contributed by atoms with Gasteiger partial charge in [0, 0.05) is 24.0 Å². The molecule has 0 unspecified atom stereocenters. The summed E-state index contributed by atoms with van der Waals surface area (Å²) in [7, 11) is 0. The molecule has 3 aromatic rings. The minimum atomic E-state index is 0.521. The Morgan fingerprint density at radius 1 is 1.30 bits per heavy atom. The molecule has 0 bridgehead atoms. The van der Waals surface area contributed by atoms with E-state index >= 15 is 0 Å². The van der Waals surface area contributed by atoms with Crippen LogP contribution in [0.5, 0.6) is 0 Å². The second kappa shape index (κ2) is 5.56. The fraction of sp³-hybridized carbons (Fsp3) is 0.214. The van der Waals surface area contributed by atoms with Crippen molar-refractivity contribution in [2.24, 2.45) is 0 Å². The number of benzene rings is 1. The summed E-state index contributed by atoms with van der Waals surface area (Å²) in [4.78, 5) is 0. The minimum Gasteiger partial charge on any atom is -0.423 e. The third-order valence-electron chi connectivity index (χ3n) is 3.05. The molecule has 0 fully saturated rings. The van der Waals surface area contributed by atoms with E-state index in [4.69, 9.17) is 4.42 Å². The molecule has 0 spiro atoms. The smallest absolute Gasteiger partial charge is 0.247 e. The average molecular weight is 269 g/mol. The van der Waals surface area contributed by atoms with Crippen molar-refractivity contribution in [2.75, 3.05) is 5.32 Å². The number of hydrogen-bond acceptors (Lipinski definition) is 5. The SMILES string of the molecule is CCn1nccc1CNc1cccc(-c2nnco2)c1. The zero-order valence-electron chi connectivity index (χ0n) is 11.2. The second-order valence-electron chi connectivity index (χ2n) is 4.32. The van der Waals surface area contributed by atoms with Crippen molar-refractivity contribution >= 4 is 5.69 Å². The highest BCUT2D eigenvalue weighted by Gasteiger charge is 2.05. The Kier molecular flexibility index (Phi) is 3.45. The van der Waals surface area contributed by atoms with Gasteiger partial charge in [-0.2, -0.15) is 5.10 Å².